The van der Waals surface area contributed by atoms with Crippen LogP contribution in [-0.4, -0.2) is 29.9 Å². The molecular formula is C21H14Cl2N2O6. The normalized spacial score (nSPS) is 14.9. The average molecular weight is 461 g/mol. The van der Waals surface area contributed by atoms with Gasteiger partial charge in [0.1, 0.15) is 23.0 Å². The molecule has 1 aliphatic rings. The molecule has 0 spiro atoms. The van der Waals surface area contributed by atoms with Crippen LogP contribution in [0.4, 0.5) is 4.79 Å². The number of urea groups is 1. The summed E-state index contributed by atoms with van der Waals surface area (Å²) < 4.78 is 15.6. The number of hydrogen-bond donors (Lipinski definition) is 1. The number of rotatable bonds is 5. The largest absolute Gasteiger partial charge is 0.463 e. The first kappa shape index (κ1) is 20.8. The van der Waals surface area contributed by atoms with E-state index in [2.05, 4.69) is 10.1 Å². The quantitative estimate of drug-likeness (QED) is 0.335. The first-order valence-corrected chi connectivity index (χ1v) is 9.68. The van der Waals surface area contributed by atoms with Gasteiger partial charge in [-0.3, -0.25) is 9.69 Å². The first-order chi connectivity index (χ1) is 14.9. The summed E-state index contributed by atoms with van der Waals surface area (Å²) in [6.07, 6.45) is 1.41. The van der Waals surface area contributed by atoms with Crippen LogP contribution in [0.1, 0.15) is 22.1 Å². The fourth-order valence-corrected chi connectivity index (χ4v) is 3.45. The molecule has 31 heavy (non-hydrogen) atoms. The molecule has 1 aromatic carbocycles. The van der Waals surface area contributed by atoms with E-state index in [0.717, 1.165) is 4.90 Å². The minimum Gasteiger partial charge on any atom is -0.463 e. The van der Waals surface area contributed by atoms with Crippen molar-refractivity contribution < 1.29 is 28.0 Å². The highest BCUT2D eigenvalue weighted by molar-refractivity contribution is 6.36. The fraction of sp³-hybridized carbons (Fsp3) is 0.0952. The molecule has 3 heterocycles. The molecular weight excluding hydrogens is 447 g/mol. The lowest BCUT2D eigenvalue weighted by molar-refractivity contribution is -0.123. The van der Waals surface area contributed by atoms with Crippen molar-refractivity contribution in [1.29, 1.82) is 0 Å². The molecule has 0 aliphatic carbocycles. The second-order valence-electron chi connectivity index (χ2n) is 6.46. The van der Waals surface area contributed by atoms with Crippen LogP contribution in [0.25, 0.3) is 17.4 Å². The lowest BCUT2D eigenvalue weighted by Crippen LogP contribution is -2.30. The second-order valence-corrected chi connectivity index (χ2v) is 7.31. The predicted octanol–water partition coefficient (Wildman–Crippen LogP) is 4.73. The number of benzene rings is 1. The van der Waals surface area contributed by atoms with E-state index in [1.165, 1.54) is 25.3 Å². The van der Waals surface area contributed by atoms with E-state index in [-0.39, 0.29) is 23.8 Å². The van der Waals surface area contributed by atoms with Crippen molar-refractivity contribution in [1.82, 2.24) is 10.2 Å². The van der Waals surface area contributed by atoms with E-state index >= 15 is 0 Å². The number of imide groups is 1. The lowest BCUT2D eigenvalue weighted by atomic mass is 10.2. The Labute approximate surface area is 186 Å². The molecule has 10 heteroatoms. The zero-order valence-corrected chi connectivity index (χ0v) is 17.5. The number of halogens is 2. The van der Waals surface area contributed by atoms with Crippen LogP contribution >= 0.6 is 23.2 Å². The van der Waals surface area contributed by atoms with E-state index in [1.54, 1.807) is 30.3 Å². The Bertz CT molecular complexity index is 1230. The molecule has 8 nitrogen and oxygen atoms in total. The molecule has 0 atom stereocenters. The number of carbonyl (C=O) groups excluding carboxylic acids is 3. The van der Waals surface area contributed by atoms with Gasteiger partial charge in [0.25, 0.3) is 5.91 Å². The zero-order chi connectivity index (χ0) is 22.1. The average Bonchev–Trinajstić information content (AvgIpc) is 3.45. The van der Waals surface area contributed by atoms with Crippen molar-refractivity contribution in [2.24, 2.45) is 0 Å². The van der Waals surface area contributed by atoms with E-state index < -0.39 is 17.9 Å². The number of hydrogen-bond acceptors (Lipinski definition) is 6. The summed E-state index contributed by atoms with van der Waals surface area (Å²) >= 11 is 12.1. The van der Waals surface area contributed by atoms with Crippen molar-refractivity contribution in [3.63, 3.8) is 0 Å². The van der Waals surface area contributed by atoms with Gasteiger partial charge in [-0.25, -0.2) is 9.59 Å². The maximum absolute atomic E-state index is 12.7. The van der Waals surface area contributed by atoms with E-state index in [1.807, 2.05) is 0 Å². The number of amides is 3. The van der Waals surface area contributed by atoms with Crippen LogP contribution in [0.5, 0.6) is 0 Å². The molecule has 2 aromatic heterocycles. The minimum absolute atomic E-state index is 0.0238. The topological polar surface area (TPSA) is 102 Å². The van der Waals surface area contributed by atoms with E-state index in [9.17, 15) is 14.4 Å². The molecule has 1 saturated heterocycles. The van der Waals surface area contributed by atoms with Gasteiger partial charge >= 0.3 is 12.0 Å². The second kappa shape index (κ2) is 8.33. The summed E-state index contributed by atoms with van der Waals surface area (Å²) in [5.74, 6) is -0.167. The summed E-state index contributed by atoms with van der Waals surface area (Å²) in [7, 11) is 1.22. The van der Waals surface area contributed by atoms with Crippen molar-refractivity contribution in [2.75, 3.05) is 7.11 Å². The van der Waals surface area contributed by atoms with Gasteiger partial charge in [-0.2, -0.15) is 0 Å². The van der Waals surface area contributed by atoms with Gasteiger partial charge in [0.15, 0.2) is 0 Å². The summed E-state index contributed by atoms with van der Waals surface area (Å²) in [5, 5.41) is 3.41. The van der Waals surface area contributed by atoms with E-state index in [4.69, 9.17) is 32.0 Å². The summed E-state index contributed by atoms with van der Waals surface area (Å²) in [5.41, 5.74) is 0.672. The van der Waals surface area contributed by atoms with Crippen LogP contribution in [0, 0.1) is 0 Å². The van der Waals surface area contributed by atoms with Crippen molar-refractivity contribution >= 4 is 47.2 Å². The molecule has 1 aliphatic heterocycles. The number of ether oxygens (including phenoxy) is 1. The number of esters is 1. The lowest BCUT2D eigenvalue weighted by Gasteiger charge is -2.09. The third-order valence-electron chi connectivity index (χ3n) is 4.43. The van der Waals surface area contributed by atoms with E-state index in [0.29, 0.717) is 27.1 Å². The summed E-state index contributed by atoms with van der Waals surface area (Å²) in [6, 6.07) is 10.6. The fourth-order valence-electron chi connectivity index (χ4n) is 2.95. The monoisotopic (exact) mass is 460 g/mol. The number of nitrogens with zero attached hydrogens (tertiary/aromatic N) is 1. The third-order valence-corrected chi connectivity index (χ3v) is 4.98. The molecule has 1 N–H and O–H groups in total. The van der Waals surface area contributed by atoms with Crippen LogP contribution in [-0.2, 0) is 16.1 Å². The standard InChI is InChI=1S/C21H14Cl2N2O6/c1-29-20(27)18-7-4-13(31-18)10-25-19(26)16(24-21(25)28)9-12-3-6-17(30-12)14-5-2-11(22)8-15(14)23/h2-9H,10H2,1H3,(H,24,28)/b16-9-. The zero-order valence-electron chi connectivity index (χ0n) is 16.0. The molecule has 1 fully saturated rings. The van der Waals surface area contributed by atoms with Gasteiger partial charge in [-0.15, -0.1) is 0 Å². The Morgan fingerprint density at radius 2 is 1.94 bits per heavy atom. The van der Waals surface area contributed by atoms with Gasteiger partial charge in [0, 0.05) is 16.7 Å². The number of methoxy groups -OCH3 is 1. The molecule has 3 amide bonds. The highest BCUT2D eigenvalue weighted by atomic mass is 35.5. The third kappa shape index (κ3) is 4.21. The summed E-state index contributed by atoms with van der Waals surface area (Å²) in [6.45, 7) is -0.150. The van der Waals surface area contributed by atoms with Gasteiger partial charge < -0.3 is 18.9 Å². The molecule has 0 radical (unpaired) electrons. The predicted molar refractivity (Wildman–Crippen MR) is 111 cm³/mol. The van der Waals surface area contributed by atoms with Crippen LogP contribution < -0.4 is 5.32 Å². The van der Waals surface area contributed by atoms with Gasteiger partial charge in [0.2, 0.25) is 5.76 Å². The Kier molecular flexibility index (Phi) is 5.58. The Morgan fingerprint density at radius 1 is 1.13 bits per heavy atom. The maximum Gasteiger partial charge on any atom is 0.373 e. The Morgan fingerprint density at radius 3 is 2.68 bits per heavy atom. The minimum atomic E-state index is -0.654. The van der Waals surface area contributed by atoms with Gasteiger partial charge in [-0.1, -0.05) is 23.2 Å². The molecule has 4 rings (SSSR count). The SMILES string of the molecule is COC(=O)c1ccc(CN2C(=O)N/C(=C\c3ccc(-c4ccc(Cl)cc4Cl)o3)C2=O)o1. The highest BCUT2D eigenvalue weighted by Gasteiger charge is 2.34. The van der Waals surface area contributed by atoms with Crippen molar-refractivity contribution in [3.8, 4) is 11.3 Å². The number of furan rings is 2. The Hall–Kier alpha value is -3.49. The Balaban J connectivity index is 1.51. The van der Waals surface area contributed by atoms with Crippen LogP contribution in [0.15, 0.2) is 57.0 Å². The number of carbonyl (C=O) groups is 3. The smallest absolute Gasteiger partial charge is 0.373 e. The molecule has 0 bridgehead atoms. The van der Waals surface area contributed by atoms with Crippen LogP contribution in [0.3, 0.4) is 0 Å². The highest BCUT2D eigenvalue weighted by Crippen LogP contribution is 2.32. The summed E-state index contributed by atoms with van der Waals surface area (Å²) in [4.78, 5) is 37.3. The first-order valence-electron chi connectivity index (χ1n) is 8.92. The van der Waals surface area contributed by atoms with Gasteiger partial charge in [-0.05, 0) is 42.5 Å². The van der Waals surface area contributed by atoms with Crippen molar-refractivity contribution in [2.45, 2.75) is 6.54 Å². The van der Waals surface area contributed by atoms with Crippen molar-refractivity contribution in [3.05, 3.63) is 75.5 Å². The van der Waals surface area contributed by atoms with Crippen LogP contribution in [0.2, 0.25) is 10.0 Å². The maximum atomic E-state index is 12.7. The molecule has 158 valence electrons. The molecule has 0 saturated carbocycles. The molecule has 0 unspecified atom stereocenters. The van der Waals surface area contributed by atoms with Gasteiger partial charge in [0.05, 0.1) is 18.7 Å². The number of nitrogens with one attached hydrogen (secondary N) is 1. The molecule has 3 aromatic rings.